The second kappa shape index (κ2) is 13.3. The third-order valence-corrected chi connectivity index (χ3v) is 11.6. The van der Waals surface area contributed by atoms with Crippen molar-refractivity contribution >= 4 is 73.7 Å². The lowest BCUT2D eigenvalue weighted by molar-refractivity contribution is 0.465. The Hall–Kier alpha value is -5.46. The Morgan fingerprint density at radius 1 is 0.846 bits per heavy atom. The number of nitrogens with one attached hydrogen (secondary N) is 1. The molecule has 0 aliphatic heterocycles. The van der Waals surface area contributed by atoms with Gasteiger partial charge in [-0.15, -0.1) is 12.6 Å². The van der Waals surface area contributed by atoms with Crippen LogP contribution < -0.4 is 16.2 Å². The Morgan fingerprint density at radius 3 is 2.27 bits per heavy atom. The van der Waals surface area contributed by atoms with Gasteiger partial charge in [0.05, 0.1) is 6.54 Å². The summed E-state index contributed by atoms with van der Waals surface area (Å²) >= 11 is 5.17. The van der Waals surface area contributed by atoms with E-state index in [1.807, 2.05) is 62.4 Å². The zero-order valence-corrected chi connectivity index (χ0v) is 31.0. The van der Waals surface area contributed by atoms with Gasteiger partial charge in [0, 0.05) is 21.2 Å². The molecular formula is C44H39B2N3O2S. The molecule has 1 aliphatic carbocycles. The summed E-state index contributed by atoms with van der Waals surface area (Å²) in [6.07, 6.45) is 0.331. The van der Waals surface area contributed by atoms with E-state index in [-0.39, 0.29) is 0 Å². The molecule has 8 rings (SSSR count). The normalized spacial score (nSPS) is 13.0. The van der Waals surface area contributed by atoms with Gasteiger partial charge < -0.3 is 14.8 Å². The van der Waals surface area contributed by atoms with E-state index >= 15 is 0 Å². The Morgan fingerprint density at radius 2 is 1.54 bits per heavy atom. The zero-order chi connectivity index (χ0) is 36.3. The molecule has 0 radical (unpaired) electrons. The van der Waals surface area contributed by atoms with Gasteiger partial charge in [-0.1, -0.05) is 89.8 Å². The number of thiol groups is 1. The van der Waals surface area contributed by atoms with E-state index in [2.05, 4.69) is 88.2 Å². The van der Waals surface area contributed by atoms with Crippen molar-refractivity contribution in [2.45, 2.75) is 44.8 Å². The predicted molar refractivity (Wildman–Crippen MR) is 225 cm³/mol. The van der Waals surface area contributed by atoms with Crippen LogP contribution in [-0.4, -0.2) is 33.4 Å². The van der Waals surface area contributed by atoms with Crippen LogP contribution in [0.5, 0.6) is 5.75 Å². The van der Waals surface area contributed by atoms with E-state index in [0.29, 0.717) is 18.1 Å². The number of hydrogen-bond donors (Lipinski definition) is 3. The standard InChI is InChI=1S/C44H39B2N3O2S/c1-23-24(2)41(50)25(3)30-21-32-38(36(23)30)42(52)40(46)33(39(32)45)22-48-44(49-43(47-4)27-15-9-6-10-16-27)28-19-31(26-13-7-5-8-14-26)37-29-17-11-12-18-34(29)51-35(37)20-28/h5-20,43,50,52H,4,21-22,45-46H2,1-3H3,(H,48,49). The third kappa shape index (κ3) is 5.44. The van der Waals surface area contributed by atoms with Crippen molar-refractivity contribution < 1.29 is 9.52 Å². The maximum atomic E-state index is 10.9. The SMILES string of the molecule is Bc1c(S)c2c(c(B)c1C/N=C(\NC(N=C)c1ccccc1)c1cc(-c3ccccc3)c3c(c1)oc1ccccc13)Cc1c(C)c(O)c(C)c(C)c1-2. The molecule has 0 saturated heterocycles. The second-order valence-electron chi connectivity index (χ2n) is 13.9. The van der Waals surface area contributed by atoms with Crippen LogP contribution in [0.25, 0.3) is 44.2 Å². The Bertz CT molecular complexity index is 2600. The fourth-order valence-corrected chi connectivity index (χ4v) is 8.39. The lowest BCUT2D eigenvalue weighted by Crippen LogP contribution is -2.31. The maximum absolute atomic E-state index is 10.9. The minimum absolute atomic E-state index is 0.389. The summed E-state index contributed by atoms with van der Waals surface area (Å²) in [4.78, 5) is 10.9. The number of furan rings is 1. The summed E-state index contributed by atoms with van der Waals surface area (Å²) < 4.78 is 6.51. The van der Waals surface area contributed by atoms with Crippen LogP contribution in [0.15, 0.2) is 116 Å². The molecule has 0 spiro atoms. The molecule has 1 aliphatic rings. The number of phenolic OH excluding ortho intramolecular Hbond substituents is 1. The van der Waals surface area contributed by atoms with E-state index in [4.69, 9.17) is 22.0 Å². The summed E-state index contributed by atoms with van der Waals surface area (Å²) in [6.45, 7) is 10.5. The molecule has 52 heavy (non-hydrogen) atoms. The number of rotatable bonds is 7. The highest BCUT2D eigenvalue weighted by atomic mass is 32.1. The maximum Gasteiger partial charge on any atom is 0.145 e. The monoisotopic (exact) mass is 695 g/mol. The number of amidine groups is 1. The number of nitrogens with zero attached hydrogens (tertiary/aromatic N) is 2. The van der Waals surface area contributed by atoms with Crippen molar-refractivity contribution in [1.29, 1.82) is 0 Å². The molecule has 1 unspecified atom stereocenters. The summed E-state index contributed by atoms with van der Waals surface area (Å²) in [5, 5.41) is 16.8. The van der Waals surface area contributed by atoms with Crippen LogP contribution in [0.4, 0.5) is 0 Å². The van der Waals surface area contributed by atoms with Gasteiger partial charge in [-0.3, -0.25) is 9.98 Å². The van der Waals surface area contributed by atoms with E-state index in [1.165, 1.54) is 27.7 Å². The molecule has 8 heteroatoms. The van der Waals surface area contributed by atoms with Gasteiger partial charge in [0.2, 0.25) is 0 Å². The first-order valence-corrected chi connectivity index (χ1v) is 18.1. The fraction of sp³-hybridized carbons (Fsp3) is 0.136. The first kappa shape index (κ1) is 33.7. The number of aromatic hydroxyl groups is 1. The van der Waals surface area contributed by atoms with Crippen LogP contribution >= 0.6 is 12.6 Å². The Balaban J connectivity index is 1.30. The van der Waals surface area contributed by atoms with Gasteiger partial charge in [-0.05, 0) is 113 Å². The van der Waals surface area contributed by atoms with Gasteiger partial charge in [-0.25, -0.2) is 0 Å². The van der Waals surface area contributed by atoms with Gasteiger partial charge >= 0.3 is 0 Å². The number of benzene rings is 6. The third-order valence-electron chi connectivity index (χ3n) is 11.1. The summed E-state index contributed by atoms with van der Waals surface area (Å²) in [6, 6.07) is 33.0. The highest BCUT2D eigenvalue weighted by molar-refractivity contribution is 7.80. The number of phenols is 1. The smallest absolute Gasteiger partial charge is 0.145 e. The molecule has 1 atom stereocenters. The van der Waals surface area contributed by atoms with Crippen LogP contribution in [0, 0.1) is 20.8 Å². The van der Waals surface area contributed by atoms with Gasteiger partial charge in [0.15, 0.2) is 0 Å². The molecule has 6 aromatic carbocycles. The quantitative estimate of drug-likeness (QED) is 0.0716. The molecule has 0 fully saturated rings. The molecule has 1 aromatic heterocycles. The average Bonchev–Trinajstić information content (AvgIpc) is 3.77. The van der Waals surface area contributed by atoms with Crippen molar-refractivity contribution in [3.05, 3.63) is 142 Å². The van der Waals surface area contributed by atoms with E-state index in [0.717, 1.165) is 83.2 Å². The summed E-state index contributed by atoms with van der Waals surface area (Å²) in [7, 11) is 4.35. The average molecular weight is 696 g/mol. The lowest BCUT2D eigenvalue weighted by atomic mass is 9.75. The molecule has 2 N–H and O–H groups in total. The van der Waals surface area contributed by atoms with Crippen molar-refractivity contribution in [1.82, 2.24) is 5.32 Å². The largest absolute Gasteiger partial charge is 0.507 e. The molecule has 0 saturated carbocycles. The van der Waals surface area contributed by atoms with E-state index < -0.39 is 6.17 Å². The molecular weight excluding hydrogens is 656 g/mol. The van der Waals surface area contributed by atoms with Crippen LogP contribution in [-0.2, 0) is 13.0 Å². The van der Waals surface area contributed by atoms with Crippen LogP contribution in [0.1, 0.15) is 50.7 Å². The minimum Gasteiger partial charge on any atom is -0.507 e. The number of para-hydroxylation sites is 1. The Labute approximate surface area is 311 Å². The molecule has 7 aromatic rings. The Kier molecular flexibility index (Phi) is 8.59. The van der Waals surface area contributed by atoms with Gasteiger partial charge in [0.25, 0.3) is 0 Å². The number of aliphatic imine (C=N–C) groups is 2. The highest BCUT2D eigenvalue weighted by Gasteiger charge is 2.30. The molecule has 254 valence electrons. The zero-order valence-electron chi connectivity index (χ0n) is 30.1. The molecule has 1 heterocycles. The molecule has 0 bridgehead atoms. The highest BCUT2D eigenvalue weighted by Crippen LogP contribution is 2.47. The minimum atomic E-state index is -0.425. The van der Waals surface area contributed by atoms with Crippen molar-refractivity contribution in [3.63, 3.8) is 0 Å². The first-order chi connectivity index (χ1) is 25.2. The second-order valence-corrected chi connectivity index (χ2v) is 14.3. The van der Waals surface area contributed by atoms with E-state index in [9.17, 15) is 5.11 Å². The van der Waals surface area contributed by atoms with Crippen molar-refractivity contribution in [2.75, 3.05) is 0 Å². The fourth-order valence-electron chi connectivity index (χ4n) is 8.01. The van der Waals surface area contributed by atoms with Crippen LogP contribution in [0.3, 0.4) is 0 Å². The molecule has 5 nitrogen and oxygen atoms in total. The summed E-state index contributed by atoms with van der Waals surface area (Å²) in [5.74, 6) is 1.08. The lowest BCUT2D eigenvalue weighted by Gasteiger charge is -2.21. The van der Waals surface area contributed by atoms with Crippen molar-refractivity contribution in [2.24, 2.45) is 9.98 Å². The van der Waals surface area contributed by atoms with Crippen molar-refractivity contribution in [3.8, 4) is 28.0 Å². The predicted octanol–water partition coefficient (Wildman–Crippen LogP) is 7.20. The van der Waals surface area contributed by atoms with Crippen LogP contribution in [0.2, 0.25) is 0 Å². The van der Waals surface area contributed by atoms with Gasteiger partial charge in [0.1, 0.15) is 44.6 Å². The number of hydrogen-bond acceptors (Lipinski definition) is 5. The summed E-state index contributed by atoms with van der Waals surface area (Å²) in [5.41, 5.74) is 17.0. The number of fused-ring (bicyclic) bond motifs is 6. The molecule has 0 amide bonds. The topological polar surface area (TPSA) is 70.1 Å². The van der Waals surface area contributed by atoms with Gasteiger partial charge in [-0.2, -0.15) is 0 Å². The first-order valence-electron chi connectivity index (χ1n) is 17.7. The van der Waals surface area contributed by atoms with E-state index in [1.54, 1.807) is 0 Å².